The zero-order valence-corrected chi connectivity index (χ0v) is 11.9. The van der Waals surface area contributed by atoms with Gasteiger partial charge in [-0.05, 0) is 6.42 Å². The Balaban J connectivity index is 2.38. The van der Waals surface area contributed by atoms with E-state index in [4.69, 9.17) is 20.3 Å². The van der Waals surface area contributed by atoms with Crippen molar-refractivity contribution in [3.05, 3.63) is 0 Å². The maximum Gasteiger partial charge on any atom is 0.186 e. The predicted molar refractivity (Wildman–Crippen MR) is 71.8 cm³/mol. The highest BCUT2D eigenvalue weighted by Crippen LogP contribution is 2.22. The minimum Gasteiger partial charge on any atom is -0.394 e. The minimum absolute atomic E-state index is 0.172. The smallest absolute Gasteiger partial charge is 0.186 e. The van der Waals surface area contributed by atoms with Crippen molar-refractivity contribution in [2.45, 2.75) is 69.4 Å². The first-order valence-corrected chi connectivity index (χ1v) is 7.19. The molecule has 1 aliphatic heterocycles. The second-order valence-corrected chi connectivity index (χ2v) is 5.29. The highest BCUT2D eigenvalue weighted by molar-refractivity contribution is 4.89. The average Bonchev–Trinajstić information content (AvgIpc) is 2.44. The third-order valence-corrected chi connectivity index (χ3v) is 3.50. The molecule has 6 N–H and O–H groups in total. The summed E-state index contributed by atoms with van der Waals surface area (Å²) >= 11 is 0. The van der Waals surface area contributed by atoms with Crippen LogP contribution in [0.4, 0.5) is 0 Å². The van der Waals surface area contributed by atoms with Gasteiger partial charge in [0.05, 0.1) is 13.2 Å². The van der Waals surface area contributed by atoms with Gasteiger partial charge in [-0.3, -0.25) is 0 Å². The van der Waals surface area contributed by atoms with Crippen molar-refractivity contribution in [2.75, 3.05) is 13.2 Å². The minimum atomic E-state index is -1.41. The summed E-state index contributed by atoms with van der Waals surface area (Å²) in [4.78, 5) is 0. The van der Waals surface area contributed by atoms with Gasteiger partial charge in [0.15, 0.2) is 6.29 Å². The van der Waals surface area contributed by atoms with Crippen LogP contribution >= 0.6 is 0 Å². The van der Waals surface area contributed by atoms with Crippen molar-refractivity contribution < 1.29 is 29.9 Å². The highest BCUT2D eigenvalue weighted by atomic mass is 16.7. The topological polar surface area (TPSA) is 125 Å². The van der Waals surface area contributed by atoms with Crippen LogP contribution in [0.25, 0.3) is 0 Å². The van der Waals surface area contributed by atoms with Gasteiger partial charge in [-0.15, -0.1) is 0 Å². The predicted octanol–water partition coefficient (Wildman–Crippen LogP) is -1.29. The fourth-order valence-electron chi connectivity index (χ4n) is 2.16. The molecule has 0 aromatic carbocycles. The van der Waals surface area contributed by atoms with Crippen LogP contribution in [0.2, 0.25) is 0 Å². The zero-order chi connectivity index (χ0) is 15.1. The van der Waals surface area contributed by atoms with Crippen molar-refractivity contribution in [1.29, 1.82) is 0 Å². The molecule has 0 aromatic rings. The van der Waals surface area contributed by atoms with Gasteiger partial charge in [0.25, 0.3) is 0 Å². The molecular formula is C13H27NO6. The summed E-state index contributed by atoms with van der Waals surface area (Å²) in [6, 6.07) is -0.172. The summed E-state index contributed by atoms with van der Waals surface area (Å²) in [6.45, 7) is 1.83. The maximum absolute atomic E-state index is 9.77. The van der Waals surface area contributed by atoms with Crippen LogP contribution in [0.5, 0.6) is 0 Å². The van der Waals surface area contributed by atoms with Gasteiger partial charge >= 0.3 is 0 Å². The van der Waals surface area contributed by atoms with Gasteiger partial charge in [0, 0.05) is 6.04 Å². The number of hydrogen-bond donors (Lipinski definition) is 5. The van der Waals surface area contributed by atoms with Crippen molar-refractivity contribution in [3.63, 3.8) is 0 Å². The fraction of sp³-hybridized carbons (Fsp3) is 1.00. The molecule has 0 aliphatic carbocycles. The third-order valence-electron chi connectivity index (χ3n) is 3.50. The van der Waals surface area contributed by atoms with Gasteiger partial charge in [0.1, 0.15) is 24.4 Å². The third kappa shape index (κ3) is 4.92. The number of ether oxygens (including phenoxy) is 2. The van der Waals surface area contributed by atoms with Gasteiger partial charge in [0.2, 0.25) is 0 Å². The summed E-state index contributed by atoms with van der Waals surface area (Å²) in [5.74, 6) is 0. The van der Waals surface area contributed by atoms with E-state index in [1.807, 2.05) is 0 Å². The second kappa shape index (κ2) is 8.89. The molecule has 7 nitrogen and oxygen atoms in total. The van der Waals surface area contributed by atoms with Crippen LogP contribution in [0.1, 0.15) is 32.6 Å². The number of unbranched alkanes of at least 4 members (excludes halogenated alkanes) is 2. The Labute approximate surface area is 119 Å². The van der Waals surface area contributed by atoms with E-state index in [0.29, 0.717) is 0 Å². The van der Waals surface area contributed by atoms with Crippen LogP contribution in [0.3, 0.4) is 0 Å². The maximum atomic E-state index is 9.77. The Hall–Kier alpha value is -0.280. The van der Waals surface area contributed by atoms with E-state index < -0.39 is 37.3 Å². The Kier molecular flexibility index (Phi) is 7.90. The van der Waals surface area contributed by atoms with Gasteiger partial charge in [-0.2, -0.15) is 0 Å². The summed E-state index contributed by atoms with van der Waals surface area (Å²) in [5.41, 5.74) is 5.88. The standard InChI is InChI=1S/C13H27NO6/c1-2-3-4-5-8(14)7-19-13-12(18)11(17)10(16)9(6-15)20-13/h8-13,15-18H,2-7,14H2,1H3/t8?,9-,10-,11+,12-,13+/m1/s1. The van der Waals surface area contributed by atoms with Crippen molar-refractivity contribution >= 4 is 0 Å². The van der Waals surface area contributed by atoms with E-state index >= 15 is 0 Å². The van der Waals surface area contributed by atoms with Gasteiger partial charge in [-0.1, -0.05) is 26.2 Å². The second-order valence-electron chi connectivity index (χ2n) is 5.29. The molecule has 0 saturated carbocycles. The lowest BCUT2D eigenvalue weighted by Gasteiger charge is -2.39. The first-order valence-electron chi connectivity index (χ1n) is 7.19. The van der Waals surface area contributed by atoms with E-state index in [9.17, 15) is 15.3 Å². The molecule has 1 fully saturated rings. The van der Waals surface area contributed by atoms with E-state index in [1.165, 1.54) is 0 Å². The molecule has 0 bridgehead atoms. The molecule has 1 heterocycles. The van der Waals surface area contributed by atoms with E-state index in [-0.39, 0.29) is 12.6 Å². The molecule has 0 spiro atoms. The first-order chi connectivity index (χ1) is 9.51. The largest absolute Gasteiger partial charge is 0.394 e. The van der Waals surface area contributed by atoms with E-state index in [0.717, 1.165) is 25.7 Å². The molecule has 0 amide bonds. The van der Waals surface area contributed by atoms with Crippen molar-refractivity contribution in [2.24, 2.45) is 5.73 Å². The van der Waals surface area contributed by atoms with E-state index in [2.05, 4.69) is 6.92 Å². The Morgan fingerprint density at radius 2 is 1.85 bits per heavy atom. The molecule has 1 aliphatic rings. The van der Waals surface area contributed by atoms with Crippen LogP contribution in [0, 0.1) is 0 Å². The molecule has 6 atom stereocenters. The summed E-state index contributed by atoms with van der Waals surface area (Å²) in [6.07, 6.45) is -2.15. The number of hydrogen-bond acceptors (Lipinski definition) is 7. The van der Waals surface area contributed by atoms with Crippen molar-refractivity contribution in [1.82, 2.24) is 0 Å². The van der Waals surface area contributed by atoms with Gasteiger partial charge < -0.3 is 35.6 Å². The molecular weight excluding hydrogens is 266 g/mol. The molecule has 1 unspecified atom stereocenters. The van der Waals surface area contributed by atoms with Gasteiger partial charge in [-0.25, -0.2) is 0 Å². The van der Waals surface area contributed by atoms with E-state index in [1.54, 1.807) is 0 Å². The lowest BCUT2D eigenvalue weighted by Crippen LogP contribution is -2.59. The number of aliphatic hydroxyl groups excluding tert-OH is 4. The molecule has 20 heavy (non-hydrogen) atoms. The molecule has 120 valence electrons. The summed E-state index contributed by atoms with van der Waals surface area (Å²) < 4.78 is 10.6. The lowest BCUT2D eigenvalue weighted by atomic mass is 9.99. The number of aliphatic hydroxyl groups is 4. The molecule has 0 radical (unpaired) electrons. The first kappa shape index (κ1) is 17.8. The Morgan fingerprint density at radius 1 is 1.15 bits per heavy atom. The summed E-state index contributed by atoms with van der Waals surface area (Å²) in [7, 11) is 0. The molecule has 7 heteroatoms. The van der Waals surface area contributed by atoms with Crippen LogP contribution in [-0.2, 0) is 9.47 Å². The molecule has 1 saturated heterocycles. The average molecular weight is 293 g/mol. The number of rotatable bonds is 8. The Bertz CT molecular complexity index is 265. The fourth-order valence-corrected chi connectivity index (χ4v) is 2.16. The molecule has 0 aromatic heterocycles. The molecule has 1 rings (SSSR count). The summed E-state index contributed by atoms with van der Waals surface area (Å²) in [5, 5.41) is 38.0. The Morgan fingerprint density at radius 3 is 2.45 bits per heavy atom. The SMILES string of the molecule is CCCCCC(N)CO[C@H]1O[C@H](CO)[C@@H](O)[C@H](O)[C@H]1O. The monoisotopic (exact) mass is 293 g/mol. The lowest BCUT2D eigenvalue weighted by molar-refractivity contribution is -0.301. The quantitative estimate of drug-likeness (QED) is 0.353. The zero-order valence-electron chi connectivity index (χ0n) is 11.9. The highest BCUT2D eigenvalue weighted by Gasteiger charge is 2.44. The van der Waals surface area contributed by atoms with Crippen molar-refractivity contribution in [3.8, 4) is 0 Å². The normalized spacial score (nSPS) is 36.0. The van der Waals surface area contributed by atoms with Crippen LogP contribution in [0.15, 0.2) is 0 Å². The van der Waals surface area contributed by atoms with Crippen LogP contribution < -0.4 is 5.73 Å². The number of nitrogens with two attached hydrogens (primary N) is 1. The van der Waals surface area contributed by atoms with Crippen LogP contribution in [-0.4, -0.2) is 70.4 Å².